The Kier molecular flexibility index (Phi) is 6.52. The first-order chi connectivity index (χ1) is 9.49. The predicted octanol–water partition coefficient (Wildman–Crippen LogP) is 3.40. The minimum atomic E-state index is -0.207. The number of aliphatic hydroxyl groups excluding tert-OH is 1. The van der Waals surface area contributed by atoms with E-state index in [1.165, 1.54) is 0 Å². The molecule has 0 fully saturated rings. The summed E-state index contributed by atoms with van der Waals surface area (Å²) in [5.74, 6) is 0.351. The van der Waals surface area contributed by atoms with Gasteiger partial charge in [0, 0.05) is 18.3 Å². The number of rotatable bonds is 6. The van der Waals surface area contributed by atoms with Gasteiger partial charge in [0.1, 0.15) is 0 Å². The molecule has 0 bridgehead atoms. The third kappa shape index (κ3) is 4.53. The number of aliphatic hydroxyl groups is 1. The molecular weight excluding hydrogens is 252 g/mol. The lowest BCUT2D eigenvalue weighted by Crippen LogP contribution is -2.38. The lowest BCUT2D eigenvalue weighted by molar-refractivity contribution is 0.237. The van der Waals surface area contributed by atoms with E-state index in [9.17, 15) is 4.79 Å². The summed E-state index contributed by atoms with van der Waals surface area (Å²) in [6.07, 6.45) is 1.38. The number of para-hydroxylation sites is 1. The number of hydrogen-bond donors (Lipinski definition) is 3. The van der Waals surface area contributed by atoms with Crippen molar-refractivity contribution in [1.82, 2.24) is 5.32 Å². The van der Waals surface area contributed by atoms with Crippen molar-refractivity contribution in [1.29, 1.82) is 0 Å². The Morgan fingerprint density at radius 3 is 2.60 bits per heavy atom. The lowest BCUT2D eigenvalue weighted by atomic mass is 9.98. The van der Waals surface area contributed by atoms with Crippen molar-refractivity contribution in [3.8, 4) is 0 Å². The van der Waals surface area contributed by atoms with E-state index in [4.69, 9.17) is 5.11 Å². The van der Waals surface area contributed by atoms with Crippen molar-refractivity contribution >= 4 is 11.7 Å². The molecule has 0 saturated carbocycles. The van der Waals surface area contributed by atoms with Gasteiger partial charge in [0.25, 0.3) is 0 Å². The maximum Gasteiger partial charge on any atom is 0.319 e. The number of nitrogens with one attached hydrogen (secondary N) is 2. The zero-order valence-corrected chi connectivity index (χ0v) is 12.9. The van der Waals surface area contributed by atoms with E-state index in [1.807, 2.05) is 32.0 Å². The second kappa shape index (κ2) is 7.90. The van der Waals surface area contributed by atoms with Gasteiger partial charge in [0.05, 0.1) is 0 Å². The molecule has 1 unspecified atom stereocenters. The quantitative estimate of drug-likeness (QED) is 0.747. The van der Waals surface area contributed by atoms with Crippen molar-refractivity contribution in [2.45, 2.75) is 52.5 Å². The molecule has 1 aromatic carbocycles. The minimum absolute atomic E-state index is 0.00604. The number of anilines is 1. The van der Waals surface area contributed by atoms with Crippen LogP contribution in [0, 0.1) is 6.92 Å². The SMILES string of the molecule is CCC(CCO)NC(=O)Nc1c(C)cccc1C(C)C. The summed E-state index contributed by atoms with van der Waals surface area (Å²) in [5, 5.41) is 14.8. The molecule has 0 aliphatic heterocycles. The Balaban J connectivity index is 2.80. The second-order valence-corrected chi connectivity index (χ2v) is 5.41. The van der Waals surface area contributed by atoms with Crippen molar-refractivity contribution in [2.24, 2.45) is 0 Å². The van der Waals surface area contributed by atoms with Crippen molar-refractivity contribution in [2.75, 3.05) is 11.9 Å². The average Bonchev–Trinajstić information content (AvgIpc) is 2.40. The van der Waals surface area contributed by atoms with Crippen molar-refractivity contribution in [3.63, 3.8) is 0 Å². The number of amides is 2. The monoisotopic (exact) mass is 278 g/mol. The minimum Gasteiger partial charge on any atom is -0.396 e. The lowest BCUT2D eigenvalue weighted by Gasteiger charge is -2.20. The summed E-state index contributed by atoms with van der Waals surface area (Å²) < 4.78 is 0. The highest BCUT2D eigenvalue weighted by molar-refractivity contribution is 5.91. The van der Waals surface area contributed by atoms with Gasteiger partial charge in [-0.25, -0.2) is 4.79 Å². The van der Waals surface area contributed by atoms with Crippen LogP contribution in [0.2, 0.25) is 0 Å². The highest BCUT2D eigenvalue weighted by Crippen LogP contribution is 2.27. The Bertz CT molecular complexity index is 444. The van der Waals surface area contributed by atoms with Gasteiger partial charge in [-0.05, 0) is 36.8 Å². The van der Waals surface area contributed by atoms with Gasteiger partial charge >= 0.3 is 6.03 Å². The van der Waals surface area contributed by atoms with Gasteiger partial charge in [-0.1, -0.05) is 39.0 Å². The highest BCUT2D eigenvalue weighted by Gasteiger charge is 2.14. The summed E-state index contributed by atoms with van der Waals surface area (Å²) >= 11 is 0. The van der Waals surface area contributed by atoms with Gasteiger partial charge in [-0.3, -0.25) is 0 Å². The number of carbonyl (C=O) groups excluding carboxylic acids is 1. The molecule has 0 radical (unpaired) electrons. The van der Waals surface area contributed by atoms with Crippen molar-refractivity contribution < 1.29 is 9.90 Å². The average molecular weight is 278 g/mol. The van der Waals surface area contributed by atoms with E-state index in [-0.39, 0.29) is 18.7 Å². The Labute approximate surface area is 121 Å². The molecule has 2 amide bonds. The van der Waals surface area contributed by atoms with Crippen LogP contribution in [0.5, 0.6) is 0 Å². The van der Waals surface area contributed by atoms with E-state index >= 15 is 0 Å². The number of carbonyl (C=O) groups is 1. The standard InChI is InChI=1S/C16H26N2O2/c1-5-13(9-10-19)17-16(20)18-15-12(4)7-6-8-14(15)11(2)3/h6-8,11,13,19H,5,9-10H2,1-4H3,(H2,17,18,20). The fourth-order valence-electron chi connectivity index (χ4n) is 2.21. The van der Waals surface area contributed by atoms with Crippen LogP contribution >= 0.6 is 0 Å². The van der Waals surface area contributed by atoms with Gasteiger partial charge in [0.15, 0.2) is 0 Å². The van der Waals surface area contributed by atoms with Crippen LogP contribution in [-0.4, -0.2) is 23.8 Å². The molecule has 0 heterocycles. The summed E-state index contributed by atoms with van der Waals surface area (Å²) in [4.78, 5) is 12.1. The van der Waals surface area contributed by atoms with Crippen LogP contribution in [0.3, 0.4) is 0 Å². The molecular formula is C16H26N2O2. The summed E-state index contributed by atoms with van der Waals surface area (Å²) in [5.41, 5.74) is 3.08. The first-order valence-corrected chi connectivity index (χ1v) is 7.27. The predicted molar refractivity (Wildman–Crippen MR) is 83.2 cm³/mol. The number of hydrogen-bond acceptors (Lipinski definition) is 2. The van der Waals surface area contributed by atoms with E-state index in [2.05, 4.69) is 24.5 Å². The van der Waals surface area contributed by atoms with Crippen LogP contribution in [-0.2, 0) is 0 Å². The zero-order valence-electron chi connectivity index (χ0n) is 12.9. The first kappa shape index (κ1) is 16.5. The first-order valence-electron chi connectivity index (χ1n) is 7.27. The zero-order chi connectivity index (χ0) is 15.1. The molecule has 20 heavy (non-hydrogen) atoms. The molecule has 0 spiro atoms. The molecule has 4 heteroatoms. The number of urea groups is 1. The van der Waals surface area contributed by atoms with E-state index in [1.54, 1.807) is 0 Å². The van der Waals surface area contributed by atoms with Crippen LogP contribution in [0.15, 0.2) is 18.2 Å². The van der Waals surface area contributed by atoms with Crippen LogP contribution < -0.4 is 10.6 Å². The molecule has 0 aromatic heterocycles. The highest BCUT2D eigenvalue weighted by atomic mass is 16.3. The topological polar surface area (TPSA) is 61.4 Å². The normalized spacial score (nSPS) is 12.3. The smallest absolute Gasteiger partial charge is 0.319 e. The maximum absolute atomic E-state index is 12.1. The van der Waals surface area contributed by atoms with Gasteiger partial charge < -0.3 is 15.7 Å². The summed E-state index contributed by atoms with van der Waals surface area (Å²) in [6, 6.07) is 5.84. The third-order valence-corrected chi connectivity index (χ3v) is 3.47. The molecule has 1 atom stereocenters. The molecule has 1 rings (SSSR count). The van der Waals surface area contributed by atoms with Crippen LogP contribution in [0.25, 0.3) is 0 Å². The van der Waals surface area contributed by atoms with Gasteiger partial charge in [0.2, 0.25) is 0 Å². The van der Waals surface area contributed by atoms with E-state index in [0.29, 0.717) is 12.3 Å². The summed E-state index contributed by atoms with van der Waals surface area (Å²) in [6.45, 7) is 8.29. The molecule has 0 saturated heterocycles. The van der Waals surface area contributed by atoms with Crippen LogP contribution in [0.1, 0.15) is 50.7 Å². The molecule has 3 N–H and O–H groups in total. The van der Waals surface area contributed by atoms with Crippen LogP contribution in [0.4, 0.5) is 10.5 Å². The Hall–Kier alpha value is -1.55. The molecule has 0 aliphatic rings. The fourth-order valence-corrected chi connectivity index (χ4v) is 2.21. The third-order valence-electron chi connectivity index (χ3n) is 3.47. The Morgan fingerprint density at radius 1 is 1.35 bits per heavy atom. The van der Waals surface area contributed by atoms with Gasteiger partial charge in [-0.15, -0.1) is 0 Å². The maximum atomic E-state index is 12.1. The molecule has 1 aromatic rings. The van der Waals surface area contributed by atoms with E-state index < -0.39 is 0 Å². The molecule has 4 nitrogen and oxygen atoms in total. The fraction of sp³-hybridized carbons (Fsp3) is 0.562. The van der Waals surface area contributed by atoms with Gasteiger partial charge in [-0.2, -0.15) is 0 Å². The molecule has 112 valence electrons. The largest absolute Gasteiger partial charge is 0.396 e. The Morgan fingerprint density at radius 2 is 2.05 bits per heavy atom. The second-order valence-electron chi connectivity index (χ2n) is 5.41. The van der Waals surface area contributed by atoms with E-state index in [0.717, 1.165) is 23.2 Å². The summed E-state index contributed by atoms with van der Waals surface area (Å²) in [7, 11) is 0. The van der Waals surface area contributed by atoms with Crippen molar-refractivity contribution in [3.05, 3.63) is 29.3 Å². The number of aryl methyl sites for hydroxylation is 1. The molecule has 0 aliphatic carbocycles. The number of benzene rings is 1.